The van der Waals surface area contributed by atoms with Gasteiger partial charge in [-0.3, -0.25) is 9.05 Å². The lowest BCUT2D eigenvalue weighted by Crippen LogP contribution is -2.13. The van der Waals surface area contributed by atoms with E-state index in [4.69, 9.17) is 9.05 Å². The van der Waals surface area contributed by atoms with Crippen molar-refractivity contribution in [1.29, 1.82) is 0 Å². The highest BCUT2D eigenvalue weighted by molar-refractivity contribution is 7.48. The molecule has 0 aliphatic heterocycles. The summed E-state index contributed by atoms with van der Waals surface area (Å²) in [5, 5.41) is 0. The van der Waals surface area contributed by atoms with Crippen LogP contribution in [0.5, 0.6) is 0 Å². The average molecular weight is 350 g/mol. The predicted molar refractivity (Wildman–Crippen MR) is 74.9 cm³/mol. The molecule has 0 saturated heterocycles. The predicted octanol–water partition coefficient (Wildman–Crippen LogP) is 5.90. The molecule has 22 heavy (non-hydrogen) atoms. The molecule has 0 aromatic rings. The highest BCUT2D eigenvalue weighted by Crippen LogP contribution is 2.53. The summed E-state index contributed by atoms with van der Waals surface area (Å²) >= 11 is 0. The van der Waals surface area contributed by atoms with Crippen LogP contribution in [0, 0.1) is 0 Å². The molecule has 0 spiro atoms. The fourth-order valence-corrected chi connectivity index (χ4v) is 2.86. The Morgan fingerprint density at radius 1 is 1.00 bits per heavy atom. The van der Waals surface area contributed by atoms with Crippen LogP contribution in [0.25, 0.3) is 0 Å². The molecule has 0 aromatic heterocycles. The number of halogens is 4. The first-order valence-corrected chi connectivity index (χ1v) is 8.70. The van der Waals surface area contributed by atoms with Crippen molar-refractivity contribution in [3.8, 4) is 0 Å². The van der Waals surface area contributed by atoms with E-state index >= 15 is 0 Å². The molecule has 0 atom stereocenters. The zero-order chi connectivity index (χ0) is 17.2. The van der Waals surface area contributed by atoms with E-state index in [1.165, 1.54) is 13.8 Å². The minimum Gasteiger partial charge on any atom is -0.405 e. The van der Waals surface area contributed by atoms with E-state index in [2.05, 4.69) is 4.52 Å². The summed E-state index contributed by atoms with van der Waals surface area (Å²) in [6, 6.07) is 0. The Hall–Kier alpha value is -0.590. The Morgan fingerprint density at radius 2 is 1.55 bits per heavy atom. The standard InChI is InChI=1S/C13H23F4O4P/c1-4-7-8-9-10-11(12(14)13(15,16)17)21-22(18,19-5-2)20-6-3/h4-10H2,1-3H3/b12-11+. The van der Waals surface area contributed by atoms with Crippen molar-refractivity contribution in [3.05, 3.63) is 11.6 Å². The maximum atomic E-state index is 13.5. The second-order valence-electron chi connectivity index (χ2n) is 4.42. The van der Waals surface area contributed by atoms with E-state index < -0.39 is 25.6 Å². The van der Waals surface area contributed by atoms with Crippen molar-refractivity contribution in [2.45, 2.75) is 59.1 Å². The normalized spacial score (nSPS) is 14.0. The second-order valence-corrected chi connectivity index (χ2v) is 6.01. The maximum absolute atomic E-state index is 13.5. The molecule has 0 aliphatic rings. The van der Waals surface area contributed by atoms with Gasteiger partial charge < -0.3 is 4.52 Å². The van der Waals surface area contributed by atoms with Crippen LogP contribution in [0.15, 0.2) is 11.6 Å². The van der Waals surface area contributed by atoms with Crippen LogP contribution < -0.4 is 0 Å². The summed E-state index contributed by atoms with van der Waals surface area (Å²) in [5.74, 6) is -3.43. The quantitative estimate of drug-likeness (QED) is 0.201. The van der Waals surface area contributed by atoms with E-state index in [1.54, 1.807) is 0 Å². The third kappa shape index (κ3) is 8.15. The van der Waals surface area contributed by atoms with E-state index in [0.717, 1.165) is 12.8 Å². The largest absolute Gasteiger partial charge is 0.529 e. The number of phosphoric ester groups is 1. The SMILES string of the molecule is CCCCCC/C(OP(=O)(OCC)OCC)=C(\F)C(F)(F)F. The highest BCUT2D eigenvalue weighted by Gasteiger charge is 2.41. The Kier molecular flexibility index (Phi) is 9.96. The van der Waals surface area contributed by atoms with Crippen LogP contribution in [0.1, 0.15) is 52.9 Å². The van der Waals surface area contributed by atoms with Crippen molar-refractivity contribution in [1.82, 2.24) is 0 Å². The zero-order valence-electron chi connectivity index (χ0n) is 13.0. The first kappa shape index (κ1) is 21.4. The van der Waals surface area contributed by atoms with Gasteiger partial charge in [0.2, 0.25) is 5.83 Å². The van der Waals surface area contributed by atoms with Gasteiger partial charge in [0.05, 0.1) is 13.2 Å². The first-order valence-electron chi connectivity index (χ1n) is 7.24. The molecule has 4 nitrogen and oxygen atoms in total. The van der Waals surface area contributed by atoms with Gasteiger partial charge in [-0.1, -0.05) is 26.2 Å². The second kappa shape index (κ2) is 10.2. The van der Waals surface area contributed by atoms with Crippen LogP contribution in [-0.2, 0) is 18.1 Å². The molecule has 132 valence electrons. The van der Waals surface area contributed by atoms with Crippen LogP contribution in [0.3, 0.4) is 0 Å². The molecular weight excluding hydrogens is 327 g/mol. The highest BCUT2D eigenvalue weighted by atomic mass is 31.2. The number of phosphoric acid groups is 1. The van der Waals surface area contributed by atoms with Crippen molar-refractivity contribution in [2.75, 3.05) is 13.2 Å². The number of rotatable bonds is 11. The van der Waals surface area contributed by atoms with Crippen LogP contribution in [-0.4, -0.2) is 19.4 Å². The topological polar surface area (TPSA) is 44.8 Å². The third-order valence-electron chi connectivity index (χ3n) is 2.55. The van der Waals surface area contributed by atoms with Gasteiger partial charge in [-0.25, -0.2) is 4.57 Å². The minimum absolute atomic E-state index is 0.103. The molecule has 0 bridgehead atoms. The van der Waals surface area contributed by atoms with Crippen LogP contribution >= 0.6 is 7.82 Å². The van der Waals surface area contributed by atoms with Crippen molar-refractivity contribution in [2.24, 2.45) is 0 Å². The molecule has 0 aromatic carbocycles. The summed E-state index contributed by atoms with van der Waals surface area (Å²) in [5.41, 5.74) is 0. The average Bonchev–Trinajstić information content (AvgIpc) is 2.41. The Morgan fingerprint density at radius 3 is 1.95 bits per heavy atom. The van der Waals surface area contributed by atoms with Gasteiger partial charge in [0.15, 0.2) is 0 Å². The van der Waals surface area contributed by atoms with E-state index in [0.29, 0.717) is 6.42 Å². The lowest BCUT2D eigenvalue weighted by Gasteiger charge is -2.20. The first-order chi connectivity index (χ1) is 10.2. The van der Waals surface area contributed by atoms with Crippen LogP contribution in [0.4, 0.5) is 17.6 Å². The van der Waals surface area contributed by atoms with E-state index in [9.17, 15) is 22.1 Å². The summed E-state index contributed by atoms with van der Waals surface area (Å²) in [4.78, 5) is 0. The minimum atomic E-state index is -5.21. The molecule has 0 N–H and O–H groups in total. The van der Waals surface area contributed by atoms with Gasteiger partial charge in [0.25, 0.3) is 0 Å². The third-order valence-corrected chi connectivity index (χ3v) is 4.14. The maximum Gasteiger partial charge on any atom is 0.529 e. The smallest absolute Gasteiger partial charge is 0.405 e. The number of hydrogen-bond acceptors (Lipinski definition) is 4. The van der Waals surface area contributed by atoms with Crippen molar-refractivity contribution < 1.29 is 35.7 Å². The fraction of sp³-hybridized carbons (Fsp3) is 0.846. The molecule has 0 fully saturated rings. The monoisotopic (exact) mass is 350 g/mol. The fourth-order valence-electron chi connectivity index (χ4n) is 1.61. The summed E-state index contributed by atoms with van der Waals surface area (Å²) in [6.07, 6.45) is -2.96. The lowest BCUT2D eigenvalue weighted by molar-refractivity contribution is -0.112. The van der Waals surface area contributed by atoms with Gasteiger partial charge in [0.1, 0.15) is 5.76 Å². The molecule has 0 amide bonds. The number of allylic oxidation sites excluding steroid dienone is 2. The van der Waals surface area contributed by atoms with E-state index in [-0.39, 0.29) is 26.1 Å². The summed E-state index contributed by atoms with van der Waals surface area (Å²) in [7, 11) is -4.25. The Bertz CT molecular complexity index is 386. The Balaban J connectivity index is 5.18. The van der Waals surface area contributed by atoms with Crippen molar-refractivity contribution >= 4 is 7.82 Å². The zero-order valence-corrected chi connectivity index (χ0v) is 13.9. The van der Waals surface area contributed by atoms with Gasteiger partial charge in [-0.15, -0.1) is 0 Å². The number of hydrogen-bond donors (Lipinski definition) is 0. The molecule has 0 aliphatic carbocycles. The Labute approximate surface area is 128 Å². The van der Waals surface area contributed by atoms with E-state index in [1.807, 2.05) is 6.92 Å². The van der Waals surface area contributed by atoms with Crippen molar-refractivity contribution in [3.63, 3.8) is 0 Å². The van der Waals surface area contributed by atoms with Gasteiger partial charge in [-0.2, -0.15) is 17.6 Å². The molecular formula is C13H23F4O4P. The number of alkyl halides is 3. The molecule has 0 unspecified atom stereocenters. The van der Waals surface area contributed by atoms with Gasteiger partial charge in [-0.05, 0) is 20.3 Å². The molecule has 9 heteroatoms. The summed E-state index contributed by atoms with van der Waals surface area (Å²) in [6.45, 7) is 4.67. The van der Waals surface area contributed by atoms with Gasteiger partial charge in [0, 0.05) is 6.42 Å². The summed E-state index contributed by atoms with van der Waals surface area (Å²) < 4.78 is 77.4. The van der Waals surface area contributed by atoms with Crippen LogP contribution in [0.2, 0.25) is 0 Å². The number of unbranched alkanes of at least 4 members (excludes halogenated alkanes) is 3. The molecule has 0 radical (unpaired) electrons. The lowest BCUT2D eigenvalue weighted by atomic mass is 10.1. The molecule has 0 rings (SSSR count). The van der Waals surface area contributed by atoms with Gasteiger partial charge >= 0.3 is 14.0 Å². The molecule has 0 heterocycles. The molecule has 0 saturated carbocycles.